The van der Waals surface area contributed by atoms with Crippen LogP contribution in [-0.4, -0.2) is 0 Å². The van der Waals surface area contributed by atoms with E-state index in [2.05, 4.69) is 42.6 Å². The van der Waals surface area contributed by atoms with Crippen molar-refractivity contribution in [2.24, 2.45) is 5.92 Å². The zero-order valence-corrected chi connectivity index (χ0v) is 13.8. The number of hydrogen-bond donors (Lipinski definition) is 1. The number of allylic oxidation sites excluding steroid dienone is 2. The van der Waals surface area contributed by atoms with Crippen LogP contribution in [0.1, 0.15) is 35.1 Å². The van der Waals surface area contributed by atoms with Crippen molar-refractivity contribution in [3.8, 4) is 0 Å². The molecule has 0 amide bonds. The second-order valence-electron chi connectivity index (χ2n) is 6.15. The van der Waals surface area contributed by atoms with Gasteiger partial charge in [0.15, 0.2) is 0 Å². The van der Waals surface area contributed by atoms with Gasteiger partial charge in [-0.2, -0.15) is 0 Å². The molecular formula is C19H17Cl2N. The molecule has 0 fully saturated rings. The maximum absolute atomic E-state index is 6.51. The van der Waals surface area contributed by atoms with Crippen LogP contribution in [0.2, 0.25) is 10.0 Å². The van der Waals surface area contributed by atoms with E-state index < -0.39 is 0 Å². The zero-order valence-electron chi connectivity index (χ0n) is 12.3. The average Bonchev–Trinajstić information content (AvgIpc) is 3.00. The van der Waals surface area contributed by atoms with Crippen molar-refractivity contribution in [1.82, 2.24) is 0 Å². The lowest BCUT2D eigenvalue weighted by molar-refractivity contribution is 0.425. The van der Waals surface area contributed by atoms with Crippen LogP contribution in [0.3, 0.4) is 0 Å². The molecule has 1 N–H and O–H groups in total. The number of halogens is 2. The highest BCUT2D eigenvalue weighted by atomic mass is 35.5. The van der Waals surface area contributed by atoms with Gasteiger partial charge in [0.1, 0.15) is 0 Å². The molecule has 2 aromatic rings. The van der Waals surface area contributed by atoms with Crippen LogP contribution < -0.4 is 5.32 Å². The van der Waals surface area contributed by atoms with Gasteiger partial charge in [-0.15, -0.1) is 0 Å². The van der Waals surface area contributed by atoms with Crippen molar-refractivity contribution >= 4 is 28.9 Å². The Morgan fingerprint density at radius 3 is 2.68 bits per heavy atom. The Morgan fingerprint density at radius 2 is 1.86 bits per heavy atom. The van der Waals surface area contributed by atoms with Crippen molar-refractivity contribution < 1.29 is 0 Å². The standard InChI is InChI=1S/C19H17Cl2N/c1-11-9-10-16(21)17-12-6-4-7-13(12)19(22-18(11)17)14-5-2-3-8-15(14)20/h2-6,8-10,12-13,19,22H,7H2,1H3/t12-,13-,19-/m0/s1. The molecule has 112 valence electrons. The molecule has 0 aromatic heterocycles. The zero-order chi connectivity index (χ0) is 15.3. The Balaban J connectivity index is 1.88. The third-order valence-corrected chi connectivity index (χ3v) is 5.59. The van der Waals surface area contributed by atoms with E-state index in [0.29, 0.717) is 11.8 Å². The van der Waals surface area contributed by atoms with E-state index in [0.717, 1.165) is 16.5 Å². The summed E-state index contributed by atoms with van der Waals surface area (Å²) in [7, 11) is 0. The van der Waals surface area contributed by atoms with Crippen LogP contribution in [0.25, 0.3) is 0 Å². The van der Waals surface area contributed by atoms with E-state index in [1.807, 2.05) is 18.2 Å². The number of aryl methyl sites for hydroxylation is 1. The molecule has 22 heavy (non-hydrogen) atoms. The number of fused-ring (bicyclic) bond motifs is 3. The smallest absolute Gasteiger partial charge is 0.0568 e. The van der Waals surface area contributed by atoms with Gasteiger partial charge in [-0.25, -0.2) is 0 Å². The van der Waals surface area contributed by atoms with Gasteiger partial charge in [-0.1, -0.05) is 59.6 Å². The third kappa shape index (κ3) is 2.07. The van der Waals surface area contributed by atoms with Crippen LogP contribution in [0, 0.1) is 12.8 Å². The van der Waals surface area contributed by atoms with E-state index in [1.165, 1.54) is 22.4 Å². The van der Waals surface area contributed by atoms with Crippen molar-refractivity contribution in [3.63, 3.8) is 0 Å². The highest BCUT2D eigenvalue weighted by molar-refractivity contribution is 6.32. The topological polar surface area (TPSA) is 12.0 Å². The quantitative estimate of drug-likeness (QED) is 0.620. The second kappa shape index (κ2) is 5.33. The fraction of sp³-hybridized carbons (Fsp3) is 0.263. The van der Waals surface area contributed by atoms with Crippen molar-refractivity contribution in [2.45, 2.75) is 25.3 Å². The lowest BCUT2D eigenvalue weighted by Gasteiger charge is -2.39. The van der Waals surface area contributed by atoms with Gasteiger partial charge in [0.2, 0.25) is 0 Å². The maximum Gasteiger partial charge on any atom is 0.0568 e. The summed E-state index contributed by atoms with van der Waals surface area (Å²) in [4.78, 5) is 0. The first-order valence-electron chi connectivity index (χ1n) is 7.63. The highest BCUT2D eigenvalue weighted by Gasteiger charge is 2.40. The van der Waals surface area contributed by atoms with Gasteiger partial charge in [0.05, 0.1) is 6.04 Å². The molecule has 1 aliphatic carbocycles. The van der Waals surface area contributed by atoms with Crippen molar-refractivity contribution in [2.75, 3.05) is 5.32 Å². The van der Waals surface area contributed by atoms with Crippen molar-refractivity contribution in [3.05, 3.63) is 75.3 Å². The number of rotatable bonds is 1. The first-order chi connectivity index (χ1) is 10.7. The molecule has 1 heterocycles. The van der Waals surface area contributed by atoms with Gasteiger partial charge in [-0.3, -0.25) is 0 Å². The Hall–Kier alpha value is -1.44. The Morgan fingerprint density at radius 1 is 1.05 bits per heavy atom. The molecule has 0 saturated carbocycles. The predicted octanol–water partition coefficient (Wildman–Crippen LogP) is 6.13. The molecule has 0 unspecified atom stereocenters. The summed E-state index contributed by atoms with van der Waals surface area (Å²) in [5.41, 5.74) is 4.82. The molecule has 0 saturated heterocycles. The Bertz CT molecular complexity index is 766. The summed E-state index contributed by atoms with van der Waals surface area (Å²) < 4.78 is 0. The second-order valence-corrected chi connectivity index (χ2v) is 6.96. The summed E-state index contributed by atoms with van der Waals surface area (Å²) in [6, 6.07) is 12.4. The van der Waals surface area contributed by atoms with E-state index in [9.17, 15) is 0 Å². The molecule has 0 bridgehead atoms. The molecule has 1 aliphatic heterocycles. The van der Waals surface area contributed by atoms with Gasteiger partial charge >= 0.3 is 0 Å². The van der Waals surface area contributed by atoms with Crippen LogP contribution in [-0.2, 0) is 0 Å². The lowest BCUT2D eigenvalue weighted by atomic mass is 9.76. The lowest BCUT2D eigenvalue weighted by Crippen LogP contribution is -2.30. The summed E-state index contributed by atoms with van der Waals surface area (Å²) >= 11 is 13.0. The fourth-order valence-corrected chi connectivity index (χ4v) is 4.38. The van der Waals surface area contributed by atoms with E-state index >= 15 is 0 Å². The minimum atomic E-state index is 0.221. The van der Waals surface area contributed by atoms with Gasteiger partial charge < -0.3 is 5.32 Å². The minimum absolute atomic E-state index is 0.221. The van der Waals surface area contributed by atoms with Crippen LogP contribution in [0.5, 0.6) is 0 Å². The number of nitrogens with one attached hydrogen (secondary N) is 1. The maximum atomic E-state index is 6.51. The number of hydrogen-bond acceptors (Lipinski definition) is 1. The summed E-state index contributed by atoms with van der Waals surface area (Å²) in [5.74, 6) is 0.830. The molecule has 0 radical (unpaired) electrons. The molecule has 4 rings (SSSR count). The molecular weight excluding hydrogens is 313 g/mol. The number of anilines is 1. The molecule has 3 atom stereocenters. The van der Waals surface area contributed by atoms with E-state index in [4.69, 9.17) is 23.2 Å². The predicted molar refractivity (Wildman–Crippen MR) is 94.0 cm³/mol. The largest absolute Gasteiger partial charge is 0.377 e. The van der Waals surface area contributed by atoms with Gasteiger partial charge in [0.25, 0.3) is 0 Å². The summed E-state index contributed by atoms with van der Waals surface area (Å²) in [6.45, 7) is 2.13. The Kier molecular flexibility index (Phi) is 3.43. The first kappa shape index (κ1) is 14.2. The molecule has 2 aliphatic rings. The monoisotopic (exact) mass is 329 g/mol. The van der Waals surface area contributed by atoms with Gasteiger partial charge in [-0.05, 0) is 42.5 Å². The molecule has 1 nitrogen and oxygen atoms in total. The third-order valence-electron chi connectivity index (χ3n) is 4.92. The Labute approximate surface area is 140 Å². The van der Waals surface area contributed by atoms with Crippen LogP contribution in [0.15, 0.2) is 48.6 Å². The first-order valence-corrected chi connectivity index (χ1v) is 8.39. The summed E-state index contributed by atoms with van der Waals surface area (Å²) in [6.07, 6.45) is 5.63. The molecule has 3 heteroatoms. The van der Waals surface area contributed by atoms with E-state index in [-0.39, 0.29) is 6.04 Å². The van der Waals surface area contributed by atoms with Gasteiger partial charge in [0, 0.05) is 27.2 Å². The van der Waals surface area contributed by atoms with Crippen molar-refractivity contribution in [1.29, 1.82) is 0 Å². The minimum Gasteiger partial charge on any atom is -0.377 e. The normalized spacial score (nSPS) is 25.5. The van der Waals surface area contributed by atoms with Crippen LogP contribution >= 0.6 is 23.2 Å². The molecule has 0 spiro atoms. The SMILES string of the molecule is Cc1ccc(Cl)c2c1N[C@H](c1ccccc1Cl)[C@H]1CC=C[C@H]21. The average molecular weight is 330 g/mol. The highest BCUT2D eigenvalue weighted by Crippen LogP contribution is 2.53. The van der Waals surface area contributed by atoms with E-state index in [1.54, 1.807) is 0 Å². The fourth-order valence-electron chi connectivity index (χ4n) is 3.84. The molecule has 2 aromatic carbocycles. The number of benzene rings is 2. The summed E-state index contributed by atoms with van der Waals surface area (Å²) in [5, 5.41) is 5.41. The van der Waals surface area contributed by atoms with Crippen LogP contribution in [0.4, 0.5) is 5.69 Å².